The van der Waals surface area contributed by atoms with Crippen molar-refractivity contribution >= 4 is 17.5 Å². The van der Waals surface area contributed by atoms with E-state index in [1.54, 1.807) is 0 Å². The fourth-order valence-electron chi connectivity index (χ4n) is 3.75. The van der Waals surface area contributed by atoms with Crippen molar-refractivity contribution in [2.75, 3.05) is 11.4 Å². The quantitative estimate of drug-likeness (QED) is 0.930. The molecular formula is C19H22N4O2. The minimum atomic E-state index is -0.0448. The summed E-state index contributed by atoms with van der Waals surface area (Å²) in [6.07, 6.45) is 6.87. The van der Waals surface area contributed by atoms with Crippen molar-refractivity contribution < 1.29 is 9.59 Å². The number of nitrogens with zero attached hydrogens (tertiary/aromatic N) is 3. The van der Waals surface area contributed by atoms with Crippen molar-refractivity contribution in [1.29, 1.82) is 0 Å². The molecule has 2 aliphatic heterocycles. The van der Waals surface area contributed by atoms with Gasteiger partial charge in [-0.25, -0.2) is 4.98 Å². The summed E-state index contributed by atoms with van der Waals surface area (Å²) in [5, 5.41) is 3.13. The topological polar surface area (TPSA) is 67.2 Å². The van der Waals surface area contributed by atoms with Crippen LogP contribution in [-0.4, -0.2) is 34.0 Å². The summed E-state index contributed by atoms with van der Waals surface area (Å²) in [5.74, 6) is 1.18. The molecule has 2 amide bonds. The minimum Gasteiger partial charge on any atom is -0.347 e. The summed E-state index contributed by atoms with van der Waals surface area (Å²) in [7, 11) is 0. The number of fused-ring (bicyclic) bond motifs is 2. The first-order valence-corrected chi connectivity index (χ1v) is 8.90. The summed E-state index contributed by atoms with van der Waals surface area (Å²) in [6.45, 7) is 3.35. The molecule has 6 nitrogen and oxygen atoms in total. The zero-order chi connectivity index (χ0) is 17.4. The van der Waals surface area contributed by atoms with Gasteiger partial charge in [0.2, 0.25) is 5.91 Å². The Bertz CT molecular complexity index is 827. The van der Waals surface area contributed by atoms with E-state index in [2.05, 4.69) is 14.9 Å². The highest BCUT2D eigenvalue weighted by atomic mass is 16.2. The van der Waals surface area contributed by atoms with Gasteiger partial charge in [0.1, 0.15) is 5.82 Å². The average molecular weight is 338 g/mol. The molecule has 0 spiro atoms. The molecule has 3 heterocycles. The molecule has 0 radical (unpaired) electrons. The zero-order valence-corrected chi connectivity index (χ0v) is 14.4. The first-order valence-electron chi connectivity index (χ1n) is 8.90. The Kier molecular flexibility index (Phi) is 4.03. The Morgan fingerprint density at radius 1 is 1.32 bits per heavy atom. The number of hydrogen-bond acceptors (Lipinski definition) is 3. The maximum Gasteiger partial charge on any atom is 0.251 e. The van der Waals surface area contributed by atoms with E-state index in [9.17, 15) is 9.59 Å². The van der Waals surface area contributed by atoms with Crippen LogP contribution < -0.4 is 10.2 Å². The molecule has 6 heteroatoms. The number of nitrogens with one attached hydrogen (secondary N) is 1. The third-order valence-electron chi connectivity index (χ3n) is 5.11. The van der Waals surface area contributed by atoms with Crippen LogP contribution >= 0.6 is 0 Å². The number of anilines is 1. The van der Waals surface area contributed by atoms with Crippen LogP contribution in [0.4, 0.5) is 5.69 Å². The highest BCUT2D eigenvalue weighted by molar-refractivity contribution is 5.98. The van der Waals surface area contributed by atoms with Gasteiger partial charge >= 0.3 is 0 Å². The van der Waals surface area contributed by atoms with Gasteiger partial charge in [0, 0.05) is 55.6 Å². The summed E-state index contributed by atoms with van der Waals surface area (Å²) in [5.41, 5.74) is 2.69. The summed E-state index contributed by atoms with van der Waals surface area (Å²) >= 11 is 0. The van der Waals surface area contributed by atoms with Crippen molar-refractivity contribution in [2.24, 2.45) is 0 Å². The van der Waals surface area contributed by atoms with Crippen LogP contribution in [0, 0.1) is 0 Å². The maximum absolute atomic E-state index is 12.6. The van der Waals surface area contributed by atoms with Crippen LogP contribution in [0.3, 0.4) is 0 Å². The van der Waals surface area contributed by atoms with Crippen LogP contribution in [0.2, 0.25) is 0 Å². The summed E-state index contributed by atoms with van der Waals surface area (Å²) < 4.78 is 2.10. The Morgan fingerprint density at radius 3 is 3.04 bits per heavy atom. The van der Waals surface area contributed by atoms with E-state index in [-0.39, 0.29) is 17.9 Å². The Hall–Kier alpha value is -2.63. The number of carbonyl (C=O) groups excluding carboxylic acids is 2. The van der Waals surface area contributed by atoms with E-state index in [1.807, 2.05) is 42.4 Å². The highest BCUT2D eigenvalue weighted by Gasteiger charge is 2.25. The lowest BCUT2D eigenvalue weighted by Crippen LogP contribution is -2.40. The Morgan fingerprint density at radius 2 is 2.20 bits per heavy atom. The molecule has 0 saturated heterocycles. The third kappa shape index (κ3) is 2.92. The number of aromatic nitrogens is 2. The first-order chi connectivity index (χ1) is 12.2. The first kappa shape index (κ1) is 15.9. The summed E-state index contributed by atoms with van der Waals surface area (Å²) in [6, 6.07) is 5.78. The fourth-order valence-corrected chi connectivity index (χ4v) is 3.75. The molecule has 0 unspecified atom stereocenters. The van der Waals surface area contributed by atoms with Gasteiger partial charge in [-0.3, -0.25) is 9.59 Å². The number of hydrogen-bond donors (Lipinski definition) is 1. The molecule has 1 aromatic heterocycles. The predicted octanol–water partition coefficient (Wildman–Crippen LogP) is 1.93. The monoisotopic (exact) mass is 338 g/mol. The Balaban J connectivity index is 1.46. The lowest BCUT2D eigenvalue weighted by molar-refractivity contribution is -0.118. The normalized spacial score (nSPS) is 18.6. The van der Waals surface area contributed by atoms with Gasteiger partial charge in [-0.1, -0.05) is 6.92 Å². The lowest BCUT2D eigenvalue weighted by atomic mass is 10.0. The second-order valence-corrected chi connectivity index (χ2v) is 6.70. The van der Waals surface area contributed by atoms with Crippen molar-refractivity contribution in [2.45, 2.75) is 45.2 Å². The number of imidazole rings is 1. The van der Waals surface area contributed by atoms with E-state index in [1.165, 1.54) is 0 Å². The van der Waals surface area contributed by atoms with Crippen molar-refractivity contribution in [3.8, 4) is 0 Å². The molecule has 4 rings (SSSR count). The van der Waals surface area contributed by atoms with Gasteiger partial charge < -0.3 is 14.8 Å². The number of amides is 2. The second kappa shape index (κ2) is 6.35. The number of rotatable bonds is 3. The molecule has 25 heavy (non-hydrogen) atoms. The SMILES string of the molecule is CCC(=O)N1CCc2cc(C(=O)N[C@H]3CCc4nccn4C3)ccc21. The molecular weight excluding hydrogens is 316 g/mol. The Labute approximate surface area is 146 Å². The number of benzene rings is 1. The smallest absolute Gasteiger partial charge is 0.251 e. The molecule has 2 aliphatic rings. The van der Waals surface area contributed by atoms with Crippen molar-refractivity contribution in [3.63, 3.8) is 0 Å². The largest absolute Gasteiger partial charge is 0.347 e. The van der Waals surface area contributed by atoms with Gasteiger partial charge in [-0.15, -0.1) is 0 Å². The minimum absolute atomic E-state index is 0.0448. The van der Waals surface area contributed by atoms with E-state index < -0.39 is 0 Å². The molecule has 1 N–H and O–H groups in total. The molecule has 0 fully saturated rings. The second-order valence-electron chi connectivity index (χ2n) is 6.70. The molecule has 130 valence electrons. The predicted molar refractivity (Wildman–Crippen MR) is 94.6 cm³/mol. The molecule has 1 aromatic carbocycles. The van der Waals surface area contributed by atoms with E-state index >= 15 is 0 Å². The van der Waals surface area contributed by atoms with Gasteiger partial charge in [-0.05, 0) is 36.6 Å². The summed E-state index contributed by atoms with van der Waals surface area (Å²) in [4.78, 5) is 30.7. The van der Waals surface area contributed by atoms with Crippen LogP contribution in [0.25, 0.3) is 0 Å². The van der Waals surface area contributed by atoms with E-state index in [0.29, 0.717) is 18.5 Å². The van der Waals surface area contributed by atoms with Crippen LogP contribution in [0.15, 0.2) is 30.6 Å². The highest BCUT2D eigenvalue weighted by Crippen LogP contribution is 2.29. The van der Waals surface area contributed by atoms with Crippen molar-refractivity contribution in [1.82, 2.24) is 14.9 Å². The molecule has 0 bridgehead atoms. The molecule has 2 aromatic rings. The molecule has 1 atom stereocenters. The third-order valence-corrected chi connectivity index (χ3v) is 5.11. The van der Waals surface area contributed by atoms with E-state index in [4.69, 9.17) is 0 Å². The van der Waals surface area contributed by atoms with Crippen LogP contribution in [0.5, 0.6) is 0 Å². The number of carbonyl (C=O) groups is 2. The van der Waals surface area contributed by atoms with Gasteiger partial charge in [-0.2, -0.15) is 0 Å². The fraction of sp³-hybridized carbons (Fsp3) is 0.421. The maximum atomic E-state index is 12.6. The van der Waals surface area contributed by atoms with Crippen LogP contribution in [-0.2, 0) is 24.2 Å². The average Bonchev–Trinajstić information content (AvgIpc) is 3.26. The molecule has 0 saturated carbocycles. The van der Waals surface area contributed by atoms with Gasteiger partial charge in [0.15, 0.2) is 0 Å². The van der Waals surface area contributed by atoms with Gasteiger partial charge in [0.25, 0.3) is 5.91 Å². The van der Waals surface area contributed by atoms with Crippen LogP contribution in [0.1, 0.15) is 41.5 Å². The molecule has 0 aliphatic carbocycles. The standard InChI is InChI=1S/C19H22N4O2/c1-2-18(24)23-9-7-13-11-14(3-5-16(13)23)19(25)21-15-4-6-17-20-8-10-22(17)12-15/h3,5,8,10-11,15H,2,4,6-7,9,12H2,1H3,(H,21,25)/t15-/m0/s1. The van der Waals surface area contributed by atoms with Crippen molar-refractivity contribution in [3.05, 3.63) is 47.5 Å². The zero-order valence-electron chi connectivity index (χ0n) is 14.4. The number of aryl methyl sites for hydroxylation is 1. The van der Waals surface area contributed by atoms with E-state index in [0.717, 1.165) is 42.9 Å². The van der Waals surface area contributed by atoms with Gasteiger partial charge in [0.05, 0.1) is 0 Å². The lowest BCUT2D eigenvalue weighted by Gasteiger charge is -2.25.